The molecule has 0 spiro atoms. The van der Waals surface area contributed by atoms with Crippen molar-refractivity contribution in [2.24, 2.45) is 0 Å². The second-order valence-corrected chi connectivity index (χ2v) is 6.27. The number of rotatable bonds is 2. The van der Waals surface area contributed by atoms with E-state index in [2.05, 4.69) is 0 Å². The summed E-state index contributed by atoms with van der Waals surface area (Å²) in [6.07, 6.45) is -1.17. The van der Waals surface area contributed by atoms with E-state index in [9.17, 15) is 14.7 Å². The van der Waals surface area contributed by atoms with Crippen LogP contribution in [0.5, 0.6) is 0 Å². The molecule has 1 aliphatic rings. The number of nitrogens with zero attached hydrogens (tertiary/aromatic N) is 1. The van der Waals surface area contributed by atoms with Crippen LogP contribution in [-0.2, 0) is 16.0 Å². The van der Waals surface area contributed by atoms with Crippen LogP contribution in [0.4, 0.5) is 4.79 Å². The van der Waals surface area contributed by atoms with Crippen LogP contribution < -0.4 is 0 Å². The predicted octanol–water partition coefficient (Wildman–Crippen LogP) is 2.13. The molecule has 1 saturated heterocycles. The third-order valence-electron chi connectivity index (χ3n) is 3.31. The molecule has 0 bridgehead atoms. The molecule has 0 unspecified atom stereocenters. The van der Waals surface area contributed by atoms with E-state index in [0.717, 1.165) is 10.5 Å². The largest absolute Gasteiger partial charge is 0.443 e. The van der Waals surface area contributed by atoms with Gasteiger partial charge in [-0.1, -0.05) is 30.3 Å². The predicted molar refractivity (Wildman–Crippen MR) is 77.6 cm³/mol. The summed E-state index contributed by atoms with van der Waals surface area (Å²) in [6, 6.07) is 8.90. The second kappa shape index (κ2) is 5.85. The minimum absolute atomic E-state index is 0.0449. The van der Waals surface area contributed by atoms with Gasteiger partial charge in [0.2, 0.25) is 5.91 Å². The average molecular weight is 291 g/mol. The van der Waals surface area contributed by atoms with Gasteiger partial charge in [0.05, 0.1) is 18.6 Å². The molecule has 1 aromatic rings. The molecular formula is C16H21NO4. The summed E-state index contributed by atoms with van der Waals surface area (Å²) in [5.41, 5.74) is 0.284. The SMILES string of the molecule is CC(C)(C)OC(=O)N1C(=O)C[C@H](O)[C@H]1Cc1ccccc1. The maximum absolute atomic E-state index is 12.2. The smallest absolute Gasteiger partial charge is 0.417 e. The number of carbonyl (C=O) groups excluding carboxylic acids is 2. The monoisotopic (exact) mass is 291 g/mol. The quantitative estimate of drug-likeness (QED) is 0.906. The number of hydrogen-bond donors (Lipinski definition) is 1. The summed E-state index contributed by atoms with van der Waals surface area (Å²) in [7, 11) is 0. The van der Waals surface area contributed by atoms with Gasteiger partial charge in [-0.3, -0.25) is 4.79 Å². The van der Waals surface area contributed by atoms with Crippen LogP contribution in [-0.4, -0.2) is 39.8 Å². The highest BCUT2D eigenvalue weighted by Gasteiger charge is 2.44. The molecule has 2 amide bonds. The highest BCUT2D eigenvalue weighted by Crippen LogP contribution is 2.25. The zero-order chi connectivity index (χ0) is 15.6. The fraction of sp³-hybridized carbons (Fsp3) is 0.500. The Morgan fingerprint density at radius 3 is 2.52 bits per heavy atom. The number of likely N-dealkylation sites (tertiary alicyclic amines) is 1. The maximum Gasteiger partial charge on any atom is 0.417 e. The molecule has 1 aromatic carbocycles. The first-order valence-corrected chi connectivity index (χ1v) is 7.05. The molecule has 1 N–H and O–H groups in total. The Morgan fingerprint density at radius 2 is 1.95 bits per heavy atom. The minimum atomic E-state index is -0.856. The number of aliphatic hydroxyl groups excluding tert-OH is 1. The van der Waals surface area contributed by atoms with Crippen molar-refractivity contribution in [2.75, 3.05) is 0 Å². The highest BCUT2D eigenvalue weighted by atomic mass is 16.6. The summed E-state index contributed by atoms with van der Waals surface area (Å²) < 4.78 is 5.26. The van der Waals surface area contributed by atoms with Crippen molar-refractivity contribution >= 4 is 12.0 Å². The zero-order valence-electron chi connectivity index (χ0n) is 12.6. The molecule has 0 saturated carbocycles. The van der Waals surface area contributed by atoms with Gasteiger partial charge < -0.3 is 9.84 Å². The first-order valence-electron chi connectivity index (χ1n) is 7.05. The van der Waals surface area contributed by atoms with Crippen LogP contribution in [0.3, 0.4) is 0 Å². The zero-order valence-corrected chi connectivity index (χ0v) is 12.6. The molecule has 21 heavy (non-hydrogen) atoms. The van der Waals surface area contributed by atoms with Crippen LogP contribution in [0.25, 0.3) is 0 Å². The second-order valence-electron chi connectivity index (χ2n) is 6.27. The maximum atomic E-state index is 12.2. The van der Waals surface area contributed by atoms with Crippen LogP contribution in [0.15, 0.2) is 30.3 Å². The standard InChI is InChI=1S/C16H21NO4/c1-16(2,3)21-15(20)17-12(13(18)10-14(17)19)9-11-7-5-4-6-8-11/h4-8,12-13,18H,9-10H2,1-3H3/t12-,13+/m1/s1. The third-order valence-corrected chi connectivity index (χ3v) is 3.31. The molecular weight excluding hydrogens is 270 g/mol. The number of carbonyl (C=O) groups is 2. The van der Waals surface area contributed by atoms with Crippen molar-refractivity contribution in [3.05, 3.63) is 35.9 Å². The first-order chi connectivity index (χ1) is 9.78. The topological polar surface area (TPSA) is 66.8 Å². The van der Waals surface area contributed by atoms with Gasteiger partial charge in [-0.25, -0.2) is 9.69 Å². The lowest BCUT2D eigenvalue weighted by atomic mass is 10.0. The Bertz CT molecular complexity index is 521. The number of aliphatic hydroxyl groups is 1. The van der Waals surface area contributed by atoms with Gasteiger partial charge in [0.25, 0.3) is 0 Å². The molecule has 0 aliphatic carbocycles. The highest BCUT2D eigenvalue weighted by molar-refractivity contribution is 5.94. The summed E-state index contributed by atoms with van der Waals surface area (Å²) in [5, 5.41) is 10.1. The van der Waals surface area contributed by atoms with Crippen LogP contribution in [0.2, 0.25) is 0 Å². The van der Waals surface area contributed by atoms with E-state index in [1.54, 1.807) is 20.8 Å². The molecule has 5 nitrogen and oxygen atoms in total. The van der Waals surface area contributed by atoms with Crippen molar-refractivity contribution in [3.8, 4) is 0 Å². The Hall–Kier alpha value is -1.88. The molecule has 0 aromatic heterocycles. The molecule has 5 heteroatoms. The van der Waals surface area contributed by atoms with E-state index < -0.39 is 29.7 Å². The van der Waals surface area contributed by atoms with E-state index in [1.165, 1.54) is 0 Å². The van der Waals surface area contributed by atoms with Gasteiger partial charge in [-0.2, -0.15) is 0 Å². The Morgan fingerprint density at radius 1 is 1.33 bits per heavy atom. The van der Waals surface area contributed by atoms with Crippen molar-refractivity contribution < 1.29 is 19.4 Å². The molecule has 2 rings (SSSR count). The van der Waals surface area contributed by atoms with Gasteiger partial charge >= 0.3 is 6.09 Å². The number of benzene rings is 1. The molecule has 114 valence electrons. The average Bonchev–Trinajstić information content (AvgIpc) is 2.63. The van der Waals surface area contributed by atoms with Gasteiger partial charge in [0.15, 0.2) is 0 Å². The Kier molecular flexibility index (Phi) is 4.32. The van der Waals surface area contributed by atoms with E-state index in [1.807, 2.05) is 30.3 Å². The van der Waals surface area contributed by atoms with Crippen LogP contribution in [0.1, 0.15) is 32.8 Å². The molecule has 2 atom stereocenters. The summed E-state index contributed by atoms with van der Waals surface area (Å²) >= 11 is 0. The fourth-order valence-electron chi connectivity index (χ4n) is 2.40. The Balaban J connectivity index is 2.17. The van der Waals surface area contributed by atoms with E-state index >= 15 is 0 Å². The van der Waals surface area contributed by atoms with Crippen molar-refractivity contribution in [3.63, 3.8) is 0 Å². The lowest BCUT2D eigenvalue weighted by molar-refractivity contribution is -0.128. The third kappa shape index (κ3) is 3.82. The summed E-state index contributed by atoms with van der Waals surface area (Å²) in [6.45, 7) is 5.23. The lowest BCUT2D eigenvalue weighted by Crippen LogP contribution is -2.45. The molecule has 0 radical (unpaired) electrons. The normalized spacial score (nSPS) is 22.5. The number of ether oxygens (including phenoxy) is 1. The molecule has 1 heterocycles. The van der Waals surface area contributed by atoms with Gasteiger partial charge in [0.1, 0.15) is 5.60 Å². The Labute approximate surface area is 124 Å². The number of hydrogen-bond acceptors (Lipinski definition) is 4. The number of amides is 2. The van der Waals surface area contributed by atoms with Crippen LogP contribution >= 0.6 is 0 Å². The van der Waals surface area contributed by atoms with E-state index in [4.69, 9.17) is 4.74 Å². The van der Waals surface area contributed by atoms with Crippen molar-refractivity contribution in [2.45, 2.75) is 51.4 Å². The van der Waals surface area contributed by atoms with Crippen molar-refractivity contribution in [1.82, 2.24) is 4.90 Å². The molecule has 1 aliphatic heterocycles. The summed E-state index contributed by atoms with van der Waals surface area (Å²) in [5.74, 6) is -0.391. The van der Waals surface area contributed by atoms with Gasteiger partial charge in [0, 0.05) is 0 Å². The fourth-order valence-corrected chi connectivity index (χ4v) is 2.40. The van der Waals surface area contributed by atoms with E-state index in [-0.39, 0.29) is 6.42 Å². The first kappa shape index (κ1) is 15.5. The molecule has 1 fully saturated rings. The lowest BCUT2D eigenvalue weighted by Gasteiger charge is -2.28. The van der Waals surface area contributed by atoms with Gasteiger partial charge in [-0.05, 0) is 32.8 Å². The summed E-state index contributed by atoms with van der Waals surface area (Å²) in [4.78, 5) is 25.2. The van der Waals surface area contributed by atoms with Crippen molar-refractivity contribution in [1.29, 1.82) is 0 Å². The van der Waals surface area contributed by atoms with Gasteiger partial charge in [-0.15, -0.1) is 0 Å². The van der Waals surface area contributed by atoms with Crippen LogP contribution in [0, 0.1) is 0 Å². The number of imide groups is 1. The minimum Gasteiger partial charge on any atom is -0.443 e. The van der Waals surface area contributed by atoms with E-state index in [0.29, 0.717) is 6.42 Å².